The number of carboxylic acid groups (broad SMARTS) is 1. The van der Waals surface area contributed by atoms with Crippen molar-refractivity contribution in [2.75, 3.05) is 52.5 Å². The number of thioether (sulfide) groups is 1. The molecular formula is C18H25NO7S. The van der Waals surface area contributed by atoms with Crippen LogP contribution >= 0.6 is 11.8 Å². The number of phenols is 1. The minimum atomic E-state index is -1.20. The van der Waals surface area contributed by atoms with Gasteiger partial charge in [-0.25, -0.2) is 4.79 Å². The van der Waals surface area contributed by atoms with E-state index in [0.717, 1.165) is 0 Å². The third-order valence-corrected chi connectivity index (χ3v) is 5.08. The van der Waals surface area contributed by atoms with Crippen LogP contribution in [-0.2, 0) is 19.0 Å². The average molecular weight is 399 g/mol. The molecule has 0 saturated carbocycles. The fraction of sp³-hybridized carbons (Fsp3) is 0.556. The zero-order chi connectivity index (χ0) is 19.7. The van der Waals surface area contributed by atoms with Crippen LogP contribution in [0.3, 0.4) is 0 Å². The van der Waals surface area contributed by atoms with E-state index in [9.17, 15) is 15.0 Å². The van der Waals surface area contributed by atoms with Crippen LogP contribution in [0.5, 0.6) is 11.5 Å². The van der Waals surface area contributed by atoms with E-state index in [1.807, 2.05) is 0 Å². The molecule has 2 rings (SSSR count). The lowest BCUT2D eigenvalue weighted by molar-refractivity contribution is -0.141. The molecule has 0 aromatic heterocycles. The predicted molar refractivity (Wildman–Crippen MR) is 102 cm³/mol. The number of aromatic hydroxyl groups is 1. The SMILES string of the molecule is COCCOCCOCCOc1cccc(O)c1C1=NC(C)(C(=O)O)CS1. The van der Waals surface area contributed by atoms with E-state index in [0.29, 0.717) is 55.1 Å². The Hall–Kier alpha value is -1.81. The van der Waals surface area contributed by atoms with Crippen LogP contribution in [0.2, 0.25) is 0 Å². The lowest BCUT2D eigenvalue weighted by Crippen LogP contribution is -2.33. The molecule has 1 atom stereocenters. The van der Waals surface area contributed by atoms with Crippen LogP contribution in [0.4, 0.5) is 0 Å². The molecule has 0 fully saturated rings. The molecular weight excluding hydrogens is 374 g/mol. The van der Waals surface area contributed by atoms with Crippen molar-refractivity contribution in [3.8, 4) is 11.5 Å². The van der Waals surface area contributed by atoms with Crippen molar-refractivity contribution < 1.29 is 34.0 Å². The van der Waals surface area contributed by atoms with Gasteiger partial charge in [0.25, 0.3) is 0 Å². The van der Waals surface area contributed by atoms with Gasteiger partial charge in [0.1, 0.15) is 23.1 Å². The number of phenolic OH excluding ortho intramolecular Hbond substituents is 1. The second-order valence-electron chi connectivity index (χ2n) is 6.00. The second kappa shape index (κ2) is 10.5. The van der Waals surface area contributed by atoms with E-state index in [1.54, 1.807) is 26.2 Å². The molecule has 150 valence electrons. The van der Waals surface area contributed by atoms with Crippen molar-refractivity contribution in [3.63, 3.8) is 0 Å². The van der Waals surface area contributed by atoms with Gasteiger partial charge in [-0.1, -0.05) is 6.07 Å². The Morgan fingerprint density at radius 2 is 1.85 bits per heavy atom. The molecule has 1 aliphatic rings. The highest BCUT2D eigenvalue weighted by atomic mass is 32.2. The molecule has 1 heterocycles. The first kappa shape index (κ1) is 21.5. The summed E-state index contributed by atoms with van der Waals surface area (Å²) >= 11 is 1.29. The minimum Gasteiger partial charge on any atom is -0.507 e. The molecule has 0 amide bonds. The van der Waals surface area contributed by atoms with Crippen molar-refractivity contribution in [1.29, 1.82) is 0 Å². The van der Waals surface area contributed by atoms with Gasteiger partial charge in [0.05, 0.1) is 38.6 Å². The Morgan fingerprint density at radius 1 is 1.19 bits per heavy atom. The Morgan fingerprint density at radius 3 is 2.48 bits per heavy atom. The number of carbonyl (C=O) groups is 1. The number of ether oxygens (including phenoxy) is 4. The quantitative estimate of drug-likeness (QED) is 0.512. The standard InChI is InChI=1S/C18H25NO7S/c1-18(17(21)22)12-27-16(19-18)15-13(20)4-3-5-14(15)26-11-10-25-9-8-24-7-6-23-2/h3-5,20H,6-12H2,1-2H3,(H,21,22). The second-order valence-corrected chi connectivity index (χ2v) is 6.96. The number of aliphatic imine (C=N–C) groups is 1. The predicted octanol–water partition coefficient (Wildman–Crippen LogP) is 1.79. The number of hydrogen-bond donors (Lipinski definition) is 2. The third-order valence-electron chi connectivity index (χ3n) is 3.81. The summed E-state index contributed by atoms with van der Waals surface area (Å²) in [5, 5.41) is 20.0. The molecule has 1 aromatic carbocycles. The number of carboxylic acids is 1. The van der Waals surface area contributed by atoms with Gasteiger partial charge in [0, 0.05) is 12.9 Å². The van der Waals surface area contributed by atoms with Gasteiger partial charge in [-0.05, 0) is 19.1 Å². The molecule has 0 bridgehead atoms. The highest BCUT2D eigenvalue weighted by molar-refractivity contribution is 8.14. The topological polar surface area (TPSA) is 107 Å². The Balaban J connectivity index is 1.88. The first-order valence-corrected chi connectivity index (χ1v) is 9.52. The summed E-state index contributed by atoms with van der Waals surface area (Å²) < 4.78 is 21.3. The van der Waals surface area contributed by atoms with E-state index in [1.165, 1.54) is 17.8 Å². The molecule has 0 spiro atoms. The van der Waals surface area contributed by atoms with Crippen molar-refractivity contribution in [3.05, 3.63) is 23.8 Å². The molecule has 0 aliphatic carbocycles. The molecule has 9 heteroatoms. The van der Waals surface area contributed by atoms with E-state index in [-0.39, 0.29) is 12.4 Å². The summed E-state index contributed by atoms with van der Waals surface area (Å²) in [6.45, 7) is 4.18. The smallest absolute Gasteiger partial charge is 0.332 e. The van der Waals surface area contributed by atoms with Gasteiger partial charge in [-0.3, -0.25) is 4.99 Å². The van der Waals surface area contributed by atoms with E-state index in [4.69, 9.17) is 18.9 Å². The molecule has 0 radical (unpaired) electrons. The highest BCUT2D eigenvalue weighted by Crippen LogP contribution is 2.38. The summed E-state index contributed by atoms with van der Waals surface area (Å²) in [5.41, 5.74) is -0.791. The van der Waals surface area contributed by atoms with Crippen molar-refractivity contribution >= 4 is 22.8 Å². The van der Waals surface area contributed by atoms with Gasteiger partial charge in [0.15, 0.2) is 5.54 Å². The van der Waals surface area contributed by atoms with E-state index >= 15 is 0 Å². The molecule has 0 saturated heterocycles. The van der Waals surface area contributed by atoms with Crippen molar-refractivity contribution in [2.45, 2.75) is 12.5 Å². The highest BCUT2D eigenvalue weighted by Gasteiger charge is 2.39. The third kappa shape index (κ3) is 6.10. The Labute approximate surface area is 162 Å². The maximum Gasteiger partial charge on any atom is 0.332 e. The van der Waals surface area contributed by atoms with E-state index < -0.39 is 11.5 Å². The monoisotopic (exact) mass is 399 g/mol. The van der Waals surface area contributed by atoms with Gasteiger partial charge >= 0.3 is 5.97 Å². The lowest BCUT2D eigenvalue weighted by atomic mass is 10.1. The first-order valence-electron chi connectivity index (χ1n) is 8.53. The minimum absolute atomic E-state index is 0.000787. The maximum atomic E-state index is 11.4. The number of aliphatic carboxylic acids is 1. The number of hydrogen-bond acceptors (Lipinski definition) is 8. The number of methoxy groups -OCH3 is 1. The van der Waals surface area contributed by atoms with Crippen LogP contribution in [0.15, 0.2) is 23.2 Å². The summed E-state index contributed by atoms with van der Waals surface area (Å²) in [5.74, 6) is -0.252. The Bertz CT molecular complexity index is 667. The fourth-order valence-corrected chi connectivity index (χ4v) is 3.49. The number of nitrogens with zero attached hydrogens (tertiary/aromatic N) is 1. The van der Waals surface area contributed by atoms with Crippen LogP contribution in [0.25, 0.3) is 0 Å². The zero-order valence-corrected chi connectivity index (χ0v) is 16.3. The molecule has 1 unspecified atom stereocenters. The van der Waals surface area contributed by atoms with Crippen molar-refractivity contribution in [1.82, 2.24) is 0 Å². The molecule has 1 aromatic rings. The summed E-state index contributed by atoms with van der Waals surface area (Å²) in [6, 6.07) is 4.90. The van der Waals surface area contributed by atoms with Crippen LogP contribution in [0, 0.1) is 0 Å². The summed E-state index contributed by atoms with van der Waals surface area (Å²) in [7, 11) is 1.62. The maximum absolute atomic E-state index is 11.4. The number of rotatable bonds is 12. The van der Waals surface area contributed by atoms with Crippen LogP contribution in [0.1, 0.15) is 12.5 Å². The van der Waals surface area contributed by atoms with Gasteiger partial charge in [-0.15, -0.1) is 11.8 Å². The molecule has 1 aliphatic heterocycles. The summed E-state index contributed by atoms with van der Waals surface area (Å²) in [6.07, 6.45) is 0. The normalized spacial score (nSPS) is 19.1. The van der Waals surface area contributed by atoms with Gasteiger partial charge < -0.3 is 29.2 Å². The van der Waals surface area contributed by atoms with Gasteiger partial charge in [-0.2, -0.15) is 0 Å². The lowest BCUT2D eigenvalue weighted by Gasteiger charge is -2.13. The number of benzene rings is 1. The van der Waals surface area contributed by atoms with Crippen molar-refractivity contribution in [2.24, 2.45) is 4.99 Å². The van der Waals surface area contributed by atoms with E-state index in [2.05, 4.69) is 4.99 Å². The fourth-order valence-electron chi connectivity index (χ4n) is 2.26. The molecule has 2 N–H and O–H groups in total. The molecule has 27 heavy (non-hydrogen) atoms. The largest absolute Gasteiger partial charge is 0.507 e. The molecule has 8 nitrogen and oxygen atoms in total. The van der Waals surface area contributed by atoms with Gasteiger partial charge in [0.2, 0.25) is 0 Å². The summed E-state index contributed by atoms with van der Waals surface area (Å²) in [4.78, 5) is 15.7. The average Bonchev–Trinajstić information content (AvgIpc) is 3.03. The zero-order valence-electron chi connectivity index (χ0n) is 15.5. The first-order chi connectivity index (χ1) is 13.0. The van der Waals surface area contributed by atoms with Crippen LogP contribution in [-0.4, -0.2) is 79.3 Å². The van der Waals surface area contributed by atoms with Crippen LogP contribution < -0.4 is 4.74 Å². The Kier molecular flexibility index (Phi) is 8.36.